The van der Waals surface area contributed by atoms with Gasteiger partial charge in [-0.05, 0) is 32.3 Å². The Kier molecular flexibility index (Phi) is 8.22. The lowest BCUT2D eigenvalue weighted by Crippen LogP contribution is -1.77. The molecule has 0 rings (SSSR count). The normalized spacial score (nSPS) is 8.54. The van der Waals surface area contributed by atoms with E-state index >= 15 is 0 Å². The molecule has 0 amide bonds. The van der Waals surface area contributed by atoms with E-state index in [1.165, 1.54) is 5.57 Å². The average molecular weight is 288 g/mol. The molecule has 0 aromatic rings. The molecule has 72 valence electrons. The Hall–Kier alpha value is -0.230. The van der Waals surface area contributed by atoms with Crippen LogP contribution in [0.15, 0.2) is 23.8 Å². The average Bonchev–Trinajstić information content (AvgIpc) is 2.04. The minimum absolute atomic E-state index is 0.974. The number of allylic oxidation sites excluding steroid dienone is 3. The van der Waals surface area contributed by atoms with Gasteiger partial charge in [-0.1, -0.05) is 52.7 Å². The zero-order valence-electron chi connectivity index (χ0n) is 8.49. The Morgan fingerprint density at radius 3 is 2.69 bits per heavy atom. The predicted molar refractivity (Wildman–Crippen MR) is 69.1 cm³/mol. The molecule has 0 aliphatic heterocycles. The number of rotatable bonds is 4. The fourth-order valence-electron chi connectivity index (χ4n) is 0.832. The first-order valence-corrected chi connectivity index (χ1v) is 6.05. The molecule has 0 saturated heterocycles. The van der Waals surface area contributed by atoms with Gasteiger partial charge in [-0.15, -0.1) is 0 Å². The van der Waals surface area contributed by atoms with E-state index in [9.17, 15) is 0 Å². The van der Waals surface area contributed by atoms with Crippen molar-refractivity contribution in [2.45, 2.75) is 33.1 Å². The van der Waals surface area contributed by atoms with E-state index in [-0.39, 0.29) is 0 Å². The van der Waals surface area contributed by atoms with Crippen molar-refractivity contribution in [3.63, 3.8) is 0 Å². The van der Waals surface area contributed by atoms with Crippen molar-refractivity contribution in [3.05, 3.63) is 23.8 Å². The zero-order chi connectivity index (χ0) is 10.1. The number of hydrogen-bond donors (Lipinski definition) is 0. The van der Waals surface area contributed by atoms with Crippen molar-refractivity contribution in [2.75, 3.05) is 4.43 Å². The van der Waals surface area contributed by atoms with Gasteiger partial charge in [-0.2, -0.15) is 0 Å². The summed E-state index contributed by atoms with van der Waals surface area (Å²) >= 11 is 2.33. The predicted octanol–water partition coefficient (Wildman–Crippen LogP) is 4.12. The third kappa shape index (κ3) is 9.69. The summed E-state index contributed by atoms with van der Waals surface area (Å²) in [6, 6.07) is 0. The molecule has 0 unspecified atom stereocenters. The van der Waals surface area contributed by atoms with Gasteiger partial charge in [0.15, 0.2) is 0 Å². The van der Waals surface area contributed by atoms with Crippen LogP contribution in [0.4, 0.5) is 0 Å². The van der Waals surface area contributed by atoms with Gasteiger partial charge in [0.1, 0.15) is 0 Å². The molecule has 0 aromatic heterocycles. The van der Waals surface area contributed by atoms with Crippen LogP contribution >= 0.6 is 22.6 Å². The molecule has 0 radical (unpaired) electrons. The fourth-order valence-corrected chi connectivity index (χ4v) is 1.10. The summed E-state index contributed by atoms with van der Waals surface area (Å²) in [6.07, 6.45) is 5.27. The highest BCUT2D eigenvalue weighted by molar-refractivity contribution is 14.1. The van der Waals surface area contributed by atoms with Crippen LogP contribution < -0.4 is 0 Å². The van der Waals surface area contributed by atoms with E-state index in [1.807, 2.05) is 0 Å². The molecule has 0 fully saturated rings. The molecule has 1 heteroatoms. The molecule has 13 heavy (non-hydrogen) atoms. The molecule has 0 atom stereocenters. The Labute approximate surface area is 95.6 Å². The van der Waals surface area contributed by atoms with Crippen molar-refractivity contribution in [3.8, 4) is 11.8 Å². The van der Waals surface area contributed by atoms with Crippen LogP contribution in [-0.2, 0) is 0 Å². The molecule has 0 N–H and O–H groups in total. The number of hydrogen-bond acceptors (Lipinski definition) is 0. The quantitative estimate of drug-likeness (QED) is 0.316. The lowest BCUT2D eigenvalue weighted by molar-refractivity contribution is 1.01. The highest BCUT2D eigenvalue weighted by Gasteiger charge is 1.86. The van der Waals surface area contributed by atoms with Gasteiger partial charge in [-0.3, -0.25) is 0 Å². The topological polar surface area (TPSA) is 0 Å². The highest BCUT2D eigenvalue weighted by atomic mass is 127. The van der Waals surface area contributed by atoms with Gasteiger partial charge in [0, 0.05) is 10.8 Å². The lowest BCUT2D eigenvalue weighted by atomic mass is 10.1. The minimum Gasteiger partial charge on any atom is -0.0975 e. The van der Waals surface area contributed by atoms with Crippen molar-refractivity contribution in [1.82, 2.24) is 0 Å². The third-order valence-corrected chi connectivity index (χ3v) is 2.02. The highest BCUT2D eigenvalue weighted by Crippen LogP contribution is 2.04. The van der Waals surface area contributed by atoms with E-state index < -0.39 is 0 Å². The summed E-state index contributed by atoms with van der Waals surface area (Å²) < 4.78 is 1.10. The van der Waals surface area contributed by atoms with Gasteiger partial charge in [0.05, 0.1) is 0 Å². The second-order valence-corrected chi connectivity index (χ2v) is 4.24. The van der Waals surface area contributed by atoms with Crippen molar-refractivity contribution in [2.24, 2.45) is 0 Å². The summed E-state index contributed by atoms with van der Waals surface area (Å²) in [4.78, 5) is 0. The van der Waals surface area contributed by atoms with Crippen molar-refractivity contribution < 1.29 is 0 Å². The summed E-state index contributed by atoms with van der Waals surface area (Å²) in [5.74, 6) is 6.17. The van der Waals surface area contributed by atoms with Gasteiger partial charge in [-0.25, -0.2) is 0 Å². The van der Waals surface area contributed by atoms with Gasteiger partial charge < -0.3 is 0 Å². The third-order valence-electron chi connectivity index (χ3n) is 1.48. The van der Waals surface area contributed by atoms with E-state index in [0.29, 0.717) is 0 Å². The molecule has 0 aromatic carbocycles. The largest absolute Gasteiger partial charge is 0.0975 e. The van der Waals surface area contributed by atoms with Crippen molar-refractivity contribution in [1.29, 1.82) is 0 Å². The molecular weight excluding hydrogens is 271 g/mol. The Morgan fingerprint density at radius 2 is 2.15 bits per heavy atom. The molecule has 0 saturated carbocycles. The smallest absolute Gasteiger partial charge is 0.0182 e. The molecule has 0 heterocycles. The van der Waals surface area contributed by atoms with Crippen LogP contribution in [0.1, 0.15) is 33.1 Å². The Morgan fingerprint density at radius 1 is 1.46 bits per heavy atom. The number of halogens is 1. The van der Waals surface area contributed by atoms with Gasteiger partial charge in [0.2, 0.25) is 0 Å². The summed E-state index contributed by atoms with van der Waals surface area (Å²) in [5.41, 5.74) is 2.43. The zero-order valence-corrected chi connectivity index (χ0v) is 10.6. The molecule has 0 bridgehead atoms. The van der Waals surface area contributed by atoms with E-state index in [2.05, 4.69) is 60.9 Å². The second-order valence-electron chi connectivity index (χ2n) is 3.16. The van der Waals surface area contributed by atoms with E-state index in [4.69, 9.17) is 0 Å². The minimum atomic E-state index is 0.974. The maximum absolute atomic E-state index is 3.92. The van der Waals surface area contributed by atoms with Crippen LogP contribution in [-0.4, -0.2) is 4.43 Å². The maximum atomic E-state index is 3.92. The Balaban J connectivity index is 3.65. The number of alkyl halides is 1. The van der Waals surface area contributed by atoms with E-state index in [0.717, 1.165) is 29.3 Å². The maximum Gasteiger partial charge on any atom is 0.0182 e. The summed E-state index contributed by atoms with van der Waals surface area (Å²) in [5, 5.41) is 0. The first kappa shape index (κ1) is 12.8. The second kappa shape index (κ2) is 8.37. The van der Waals surface area contributed by atoms with Crippen LogP contribution in [0, 0.1) is 11.8 Å². The van der Waals surface area contributed by atoms with Crippen molar-refractivity contribution >= 4 is 22.6 Å². The lowest BCUT2D eigenvalue weighted by Gasteiger charge is -1.93. The fraction of sp³-hybridized carbons (Fsp3) is 0.500. The molecule has 0 aliphatic carbocycles. The molecular formula is C12H17I. The van der Waals surface area contributed by atoms with Crippen LogP contribution in [0.3, 0.4) is 0 Å². The van der Waals surface area contributed by atoms with Gasteiger partial charge in [0.25, 0.3) is 0 Å². The summed E-state index contributed by atoms with van der Waals surface area (Å²) in [6.45, 7) is 8.15. The first-order chi connectivity index (χ1) is 6.16. The van der Waals surface area contributed by atoms with E-state index in [1.54, 1.807) is 0 Å². The van der Waals surface area contributed by atoms with Crippen LogP contribution in [0.25, 0.3) is 0 Å². The molecule has 0 spiro atoms. The summed E-state index contributed by atoms with van der Waals surface area (Å²) in [7, 11) is 0. The standard InChI is InChI=1S/C12H17I/c1-11(2)7-6-9-12(3)8-4-5-10-13/h7H,3,5-6,9-10H2,1-2H3. The Bertz CT molecular complexity index is 234. The monoisotopic (exact) mass is 288 g/mol. The van der Waals surface area contributed by atoms with Gasteiger partial charge >= 0.3 is 0 Å². The molecule has 0 nitrogen and oxygen atoms in total. The SMILES string of the molecule is C=C(C#CCCI)CCC=C(C)C. The van der Waals surface area contributed by atoms with Crippen LogP contribution in [0.2, 0.25) is 0 Å². The van der Waals surface area contributed by atoms with Crippen LogP contribution in [0.5, 0.6) is 0 Å². The first-order valence-electron chi connectivity index (χ1n) is 4.52. The molecule has 0 aliphatic rings.